The van der Waals surface area contributed by atoms with Crippen LogP contribution < -0.4 is 19.1 Å². The number of halogens is 1. The number of ether oxygens (including phenoxy) is 2. The zero-order chi connectivity index (χ0) is 28.6. The number of hydrogen-bond acceptors (Lipinski definition) is 6. The Balaban J connectivity index is 1.78. The molecule has 11 heteroatoms. The maximum absolute atomic E-state index is 13.6. The van der Waals surface area contributed by atoms with Crippen molar-refractivity contribution in [3.05, 3.63) is 53.1 Å². The third kappa shape index (κ3) is 8.25. The minimum Gasteiger partial charge on any atom is -0.486 e. The van der Waals surface area contributed by atoms with Crippen LogP contribution in [0, 0.1) is 0 Å². The second-order valence-electron chi connectivity index (χ2n) is 9.62. The highest BCUT2D eigenvalue weighted by atomic mass is 35.5. The number of anilines is 1. The van der Waals surface area contributed by atoms with E-state index in [0.29, 0.717) is 41.8 Å². The van der Waals surface area contributed by atoms with E-state index in [1.54, 1.807) is 29.2 Å². The van der Waals surface area contributed by atoms with Gasteiger partial charge >= 0.3 is 0 Å². The minimum atomic E-state index is -3.64. The molecule has 0 saturated carbocycles. The van der Waals surface area contributed by atoms with Crippen LogP contribution in [-0.4, -0.2) is 63.2 Å². The number of nitrogens with one attached hydrogen (secondary N) is 1. The van der Waals surface area contributed by atoms with E-state index in [0.717, 1.165) is 18.2 Å². The molecule has 2 aromatic rings. The Morgan fingerprint density at radius 2 is 1.74 bits per heavy atom. The summed E-state index contributed by atoms with van der Waals surface area (Å²) < 4.78 is 37.7. The maximum Gasteiger partial charge on any atom is 0.243 e. The quantitative estimate of drug-likeness (QED) is 0.378. The fraction of sp³-hybridized carbons (Fsp3) is 0.500. The van der Waals surface area contributed by atoms with Crippen LogP contribution in [0.2, 0.25) is 5.02 Å². The lowest BCUT2D eigenvalue weighted by molar-refractivity contribution is -0.141. The zero-order valence-electron chi connectivity index (χ0n) is 23.0. The Labute approximate surface area is 236 Å². The summed E-state index contributed by atoms with van der Waals surface area (Å²) in [6.45, 7) is 6.83. The first-order valence-electron chi connectivity index (χ1n) is 13.3. The summed E-state index contributed by atoms with van der Waals surface area (Å²) >= 11 is 6.39. The van der Waals surface area contributed by atoms with Crippen molar-refractivity contribution in [1.29, 1.82) is 0 Å². The summed E-state index contributed by atoms with van der Waals surface area (Å²) in [6.07, 6.45) is 2.62. The first kappa shape index (κ1) is 30.6. The lowest BCUT2D eigenvalue weighted by Crippen LogP contribution is -2.50. The van der Waals surface area contributed by atoms with Gasteiger partial charge in [-0.25, -0.2) is 8.42 Å². The molecule has 39 heavy (non-hydrogen) atoms. The first-order valence-corrected chi connectivity index (χ1v) is 15.5. The van der Waals surface area contributed by atoms with E-state index in [1.165, 1.54) is 4.31 Å². The molecule has 0 unspecified atom stereocenters. The molecule has 2 atom stereocenters. The Hall–Kier alpha value is -2.98. The molecule has 9 nitrogen and oxygen atoms in total. The second-order valence-corrected chi connectivity index (χ2v) is 11.9. The minimum absolute atomic E-state index is 0.0295. The maximum atomic E-state index is 13.6. The van der Waals surface area contributed by atoms with Crippen molar-refractivity contribution in [3.8, 4) is 11.5 Å². The van der Waals surface area contributed by atoms with Gasteiger partial charge in [0.25, 0.3) is 0 Å². The predicted octanol–water partition coefficient (Wildman–Crippen LogP) is 4.38. The van der Waals surface area contributed by atoms with Crippen molar-refractivity contribution in [3.63, 3.8) is 0 Å². The summed E-state index contributed by atoms with van der Waals surface area (Å²) in [5.41, 5.74) is 1.16. The number of rotatable bonds is 13. The number of hydrogen-bond donors (Lipinski definition) is 1. The molecule has 2 amide bonds. The van der Waals surface area contributed by atoms with Crippen LogP contribution in [0.25, 0.3) is 0 Å². The van der Waals surface area contributed by atoms with E-state index in [1.807, 2.05) is 39.0 Å². The standard InChI is InChI=1S/C28H38ClN3O6S/c1-5-20(3)30-28(34)24(6-2)31(19-21-10-7-8-11-23(21)29)27(33)12-9-15-32(39(4,35)36)22-13-14-25-26(18-22)38-17-16-37-25/h7-8,10-11,13-14,18,20,24H,5-6,9,12,15-17,19H2,1-4H3,(H,30,34)/t20-,24+/m0/s1. The molecule has 0 aliphatic carbocycles. The number of fused-ring (bicyclic) bond motifs is 1. The molecule has 0 radical (unpaired) electrons. The Morgan fingerprint density at radius 3 is 2.38 bits per heavy atom. The normalized spacial score (nSPS) is 14.3. The molecular weight excluding hydrogens is 542 g/mol. The van der Waals surface area contributed by atoms with Crippen molar-refractivity contribution >= 4 is 39.1 Å². The Bertz CT molecular complexity index is 1260. The summed E-state index contributed by atoms with van der Waals surface area (Å²) in [6, 6.07) is 11.5. The van der Waals surface area contributed by atoms with E-state index >= 15 is 0 Å². The SMILES string of the molecule is CC[C@H](C(=O)N[C@@H](C)CC)N(Cc1ccccc1Cl)C(=O)CCCN(c1ccc2c(c1)OCCO2)S(C)(=O)=O. The molecule has 0 spiro atoms. The van der Waals surface area contributed by atoms with Crippen molar-refractivity contribution < 1.29 is 27.5 Å². The largest absolute Gasteiger partial charge is 0.486 e. The van der Waals surface area contributed by atoms with Crippen molar-refractivity contribution in [1.82, 2.24) is 10.2 Å². The molecule has 1 aliphatic rings. The average Bonchev–Trinajstić information content (AvgIpc) is 2.90. The highest BCUT2D eigenvalue weighted by Gasteiger charge is 2.30. The smallest absolute Gasteiger partial charge is 0.243 e. The summed E-state index contributed by atoms with van der Waals surface area (Å²) in [7, 11) is -3.64. The number of nitrogens with zero attached hydrogens (tertiary/aromatic N) is 2. The third-order valence-electron chi connectivity index (χ3n) is 6.65. The second kappa shape index (κ2) is 13.9. The lowest BCUT2D eigenvalue weighted by atomic mass is 10.1. The van der Waals surface area contributed by atoms with Crippen LogP contribution in [0.1, 0.15) is 52.0 Å². The molecule has 1 heterocycles. The molecule has 0 bridgehead atoms. The van der Waals surface area contributed by atoms with Crippen molar-refractivity contribution in [2.24, 2.45) is 0 Å². The van der Waals surface area contributed by atoms with Gasteiger partial charge in [0.2, 0.25) is 21.8 Å². The van der Waals surface area contributed by atoms with Crippen molar-refractivity contribution in [2.75, 3.05) is 30.3 Å². The predicted molar refractivity (Wildman–Crippen MR) is 153 cm³/mol. The van der Waals surface area contributed by atoms with E-state index in [4.69, 9.17) is 21.1 Å². The fourth-order valence-electron chi connectivity index (χ4n) is 4.36. The van der Waals surface area contributed by atoms with Crippen LogP contribution in [-0.2, 0) is 26.2 Å². The van der Waals surface area contributed by atoms with Crippen molar-refractivity contribution in [2.45, 2.75) is 65.1 Å². The zero-order valence-corrected chi connectivity index (χ0v) is 24.6. The monoisotopic (exact) mass is 579 g/mol. The number of carbonyl (C=O) groups excluding carboxylic acids is 2. The molecule has 0 aromatic heterocycles. The molecule has 3 rings (SSSR count). The average molecular weight is 580 g/mol. The number of amides is 2. The highest BCUT2D eigenvalue weighted by Crippen LogP contribution is 2.35. The van der Waals surface area contributed by atoms with Crippen LogP contribution in [0.3, 0.4) is 0 Å². The van der Waals surface area contributed by atoms with Crippen LogP contribution in [0.5, 0.6) is 11.5 Å². The van der Waals surface area contributed by atoms with Gasteiger partial charge in [-0.15, -0.1) is 0 Å². The highest BCUT2D eigenvalue weighted by molar-refractivity contribution is 7.92. The Kier molecular flexibility index (Phi) is 10.9. The number of sulfonamides is 1. The van der Waals surface area contributed by atoms with Gasteiger partial charge in [-0.05, 0) is 49.9 Å². The van der Waals surface area contributed by atoms with Gasteiger partial charge in [-0.3, -0.25) is 13.9 Å². The summed E-state index contributed by atoms with van der Waals surface area (Å²) in [5.74, 6) is 0.565. The molecule has 214 valence electrons. The van der Waals surface area contributed by atoms with Gasteiger partial charge in [0.05, 0.1) is 11.9 Å². The van der Waals surface area contributed by atoms with Gasteiger partial charge in [0.1, 0.15) is 19.3 Å². The van der Waals surface area contributed by atoms with Gasteiger partial charge in [0.15, 0.2) is 11.5 Å². The van der Waals surface area contributed by atoms with Crippen LogP contribution in [0.4, 0.5) is 5.69 Å². The van der Waals surface area contributed by atoms with E-state index < -0.39 is 16.1 Å². The first-order chi connectivity index (χ1) is 18.5. The third-order valence-corrected chi connectivity index (χ3v) is 8.21. The van der Waals surface area contributed by atoms with Crippen LogP contribution >= 0.6 is 11.6 Å². The molecule has 0 saturated heterocycles. The molecule has 0 fully saturated rings. The number of carbonyl (C=O) groups is 2. The lowest BCUT2D eigenvalue weighted by Gasteiger charge is -2.32. The van der Waals surface area contributed by atoms with Crippen LogP contribution in [0.15, 0.2) is 42.5 Å². The van der Waals surface area contributed by atoms with Gasteiger partial charge in [-0.2, -0.15) is 0 Å². The van der Waals surface area contributed by atoms with E-state index in [2.05, 4.69) is 5.32 Å². The van der Waals surface area contributed by atoms with Gasteiger partial charge < -0.3 is 19.7 Å². The van der Waals surface area contributed by atoms with Gasteiger partial charge in [-0.1, -0.05) is 43.6 Å². The molecular formula is C28H38ClN3O6S. The Morgan fingerprint density at radius 1 is 1.05 bits per heavy atom. The van der Waals surface area contributed by atoms with E-state index in [-0.39, 0.29) is 43.8 Å². The fourth-order valence-corrected chi connectivity index (χ4v) is 5.51. The topological polar surface area (TPSA) is 105 Å². The number of benzene rings is 2. The summed E-state index contributed by atoms with van der Waals surface area (Å²) in [5, 5.41) is 3.49. The molecule has 2 aromatic carbocycles. The summed E-state index contributed by atoms with van der Waals surface area (Å²) in [4.78, 5) is 28.3. The van der Waals surface area contributed by atoms with Gasteiger partial charge in [0, 0.05) is 36.6 Å². The van der Waals surface area contributed by atoms with E-state index in [9.17, 15) is 18.0 Å². The molecule has 1 N–H and O–H groups in total. The molecule has 1 aliphatic heterocycles.